The van der Waals surface area contributed by atoms with Crippen molar-refractivity contribution >= 4 is 11.9 Å². The number of fused-ring (bicyclic) bond motifs is 1. The molecule has 1 unspecified atom stereocenters. The Morgan fingerprint density at radius 3 is 3.06 bits per heavy atom. The van der Waals surface area contributed by atoms with Crippen molar-refractivity contribution in [1.29, 1.82) is 0 Å². The fraction of sp³-hybridized carbons (Fsp3) is 0.462. The fourth-order valence-corrected chi connectivity index (χ4v) is 2.61. The van der Waals surface area contributed by atoms with Gasteiger partial charge in [0, 0.05) is 24.7 Å². The smallest absolute Gasteiger partial charge is 0.160 e. The van der Waals surface area contributed by atoms with Crippen molar-refractivity contribution in [2.24, 2.45) is 5.92 Å². The molecule has 0 aliphatic carbocycles. The Morgan fingerprint density at radius 2 is 2.33 bits per heavy atom. The number of pyridine rings is 1. The molecule has 0 spiro atoms. The van der Waals surface area contributed by atoms with E-state index in [-0.39, 0.29) is 0 Å². The summed E-state index contributed by atoms with van der Waals surface area (Å²) in [5.41, 5.74) is 1.47. The van der Waals surface area contributed by atoms with E-state index in [0.29, 0.717) is 11.5 Å². The summed E-state index contributed by atoms with van der Waals surface area (Å²) in [7, 11) is 2.15. The molecule has 18 heavy (non-hydrogen) atoms. The molecule has 0 aromatic carbocycles. The van der Waals surface area contributed by atoms with Crippen molar-refractivity contribution in [3.05, 3.63) is 29.7 Å². The van der Waals surface area contributed by atoms with E-state index < -0.39 is 0 Å². The van der Waals surface area contributed by atoms with Crippen molar-refractivity contribution in [2.75, 3.05) is 20.1 Å². The van der Waals surface area contributed by atoms with Gasteiger partial charge in [-0.3, -0.25) is 9.20 Å². The summed E-state index contributed by atoms with van der Waals surface area (Å²) in [4.78, 5) is 13.1. The zero-order chi connectivity index (χ0) is 12.5. The normalized spacial score (nSPS) is 20.6. The van der Waals surface area contributed by atoms with Crippen LogP contribution in [0.15, 0.2) is 18.3 Å². The molecule has 0 saturated carbocycles. The monoisotopic (exact) mass is 244 g/mol. The van der Waals surface area contributed by atoms with Crippen LogP contribution in [0.25, 0.3) is 5.65 Å². The summed E-state index contributed by atoms with van der Waals surface area (Å²) in [5, 5.41) is 8.38. The van der Waals surface area contributed by atoms with Crippen LogP contribution in [-0.4, -0.2) is 45.9 Å². The van der Waals surface area contributed by atoms with Gasteiger partial charge in [0.1, 0.15) is 5.82 Å². The van der Waals surface area contributed by atoms with E-state index in [4.69, 9.17) is 0 Å². The van der Waals surface area contributed by atoms with Crippen LogP contribution in [0, 0.1) is 5.92 Å². The first kappa shape index (κ1) is 11.3. The molecule has 0 bridgehead atoms. The van der Waals surface area contributed by atoms with Crippen molar-refractivity contribution in [3.8, 4) is 0 Å². The maximum atomic E-state index is 10.8. The number of aldehydes is 1. The van der Waals surface area contributed by atoms with Gasteiger partial charge in [-0.05, 0) is 38.1 Å². The molecule has 0 radical (unpaired) electrons. The highest BCUT2D eigenvalue weighted by molar-refractivity contribution is 5.74. The molecule has 1 aliphatic rings. The molecule has 2 aromatic rings. The topological polar surface area (TPSA) is 50.5 Å². The maximum absolute atomic E-state index is 10.8. The summed E-state index contributed by atoms with van der Waals surface area (Å²) in [6, 6.07) is 3.60. The minimum absolute atomic E-state index is 0.641. The van der Waals surface area contributed by atoms with Crippen LogP contribution in [0.5, 0.6) is 0 Å². The molecule has 5 nitrogen and oxygen atoms in total. The number of hydrogen-bond acceptors (Lipinski definition) is 4. The molecule has 3 rings (SSSR count). The predicted octanol–water partition coefficient (Wildman–Crippen LogP) is 1.04. The molecule has 1 fully saturated rings. The van der Waals surface area contributed by atoms with Crippen LogP contribution in [0.4, 0.5) is 0 Å². The van der Waals surface area contributed by atoms with Crippen LogP contribution >= 0.6 is 0 Å². The van der Waals surface area contributed by atoms with E-state index in [2.05, 4.69) is 22.1 Å². The molecule has 5 heteroatoms. The highest BCUT2D eigenvalue weighted by Crippen LogP contribution is 2.19. The second-order valence-corrected chi connectivity index (χ2v) is 5.05. The average Bonchev–Trinajstić information content (AvgIpc) is 2.96. The highest BCUT2D eigenvalue weighted by atomic mass is 16.1. The number of rotatable bonds is 3. The summed E-state index contributed by atoms with van der Waals surface area (Å²) >= 11 is 0. The number of carbonyl (C=O) groups is 1. The van der Waals surface area contributed by atoms with Gasteiger partial charge in [0.05, 0.1) is 0 Å². The lowest BCUT2D eigenvalue weighted by Gasteiger charge is -2.09. The highest BCUT2D eigenvalue weighted by Gasteiger charge is 2.21. The lowest BCUT2D eigenvalue weighted by Crippen LogP contribution is -2.15. The molecular formula is C13H16N4O. The third-order valence-electron chi connectivity index (χ3n) is 3.59. The Kier molecular flexibility index (Phi) is 2.83. The van der Waals surface area contributed by atoms with E-state index >= 15 is 0 Å². The van der Waals surface area contributed by atoms with Gasteiger partial charge < -0.3 is 4.90 Å². The van der Waals surface area contributed by atoms with Crippen molar-refractivity contribution in [3.63, 3.8) is 0 Å². The van der Waals surface area contributed by atoms with Crippen molar-refractivity contribution < 1.29 is 4.79 Å². The SMILES string of the molecule is CN1CCC(Cc2nnc3ccc(C=O)cn23)C1. The van der Waals surface area contributed by atoms with Gasteiger partial charge in [-0.15, -0.1) is 10.2 Å². The van der Waals surface area contributed by atoms with E-state index in [0.717, 1.165) is 37.3 Å². The van der Waals surface area contributed by atoms with Gasteiger partial charge in [-0.25, -0.2) is 0 Å². The van der Waals surface area contributed by atoms with E-state index in [1.165, 1.54) is 6.42 Å². The van der Waals surface area contributed by atoms with Gasteiger partial charge in [0.2, 0.25) is 0 Å². The van der Waals surface area contributed by atoms with E-state index in [9.17, 15) is 4.79 Å². The zero-order valence-electron chi connectivity index (χ0n) is 10.4. The largest absolute Gasteiger partial charge is 0.306 e. The number of likely N-dealkylation sites (tertiary alicyclic amines) is 1. The van der Waals surface area contributed by atoms with Gasteiger partial charge in [0.15, 0.2) is 11.9 Å². The molecule has 0 amide bonds. The standard InChI is InChI=1S/C13H16N4O/c1-16-5-4-10(7-16)6-13-15-14-12-3-2-11(9-18)8-17(12)13/h2-3,8-10H,4-7H2,1H3. The third kappa shape index (κ3) is 2.01. The van der Waals surface area contributed by atoms with Gasteiger partial charge in [-0.2, -0.15) is 0 Å². The second-order valence-electron chi connectivity index (χ2n) is 5.05. The van der Waals surface area contributed by atoms with Crippen LogP contribution in [0.1, 0.15) is 22.6 Å². The summed E-state index contributed by atoms with van der Waals surface area (Å²) < 4.78 is 1.93. The van der Waals surface area contributed by atoms with Gasteiger partial charge >= 0.3 is 0 Å². The lowest BCUT2D eigenvalue weighted by atomic mass is 10.0. The molecule has 0 N–H and O–H groups in total. The Labute approximate surface area is 105 Å². The Balaban J connectivity index is 1.89. The van der Waals surface area contributed by atoms with Gasteiger partial charge in [0.25, 0.3) is 0 Å². The van der Waals surface area contributed by atoms with Crippen LogP contribution in [-0.2, 0) is 6.42 Å². The first-order chi connectivity index (χ1) is 8.76. The van der Waals surface area contributed by atoms with E-state index in [1.54, 1.807) is 6.07 Å². The molecule has 94 valence electrons. The lowest BCUT2D eigenvalue weighted by molar-refractivity contribution is 0.112. The summed E-state index contributed by atoms with van der Waals surface area (Å²) in [6.45, 7) is 2.27. The molecule has 1 saturated heterocycles. The van der Waals surface area contributed by atoms with Crippen LogP contribution in [0.2, 0.25) is 0 Å². The Hall–Kier alpha value is -1.75. The number of aromatic nitrogens is 3. The van der Waals surface area contributed by atoms with Crippen molar-refractivity contribution in [2.45, 2.75) is 12.8 Å². The maximum Gasteiger partial charge on any atom is 0.160 e. The first-order valence-corrected chi connectivity index (χ1v) is 6.23. The zero-order valence-corrected chi connectivity index (χ0v) is 10.4. The number of hydrogen-bond donors (Lipinski definition) is 0. The quantitative estimate of drug-likeness (QED) is 0.757. The molecule has 2 aromatic heterocycles. The van der Waals surface area contributed by atoms with Crippen molar-refractivity contribution in [1.82, 2.24) is 19.5 Å². The minimum Gasteiger partial charge on any atom is -0.306 e. The average molecular weight is 244 g/mol. The van der Waals surface area contributed by atoms with Crippen LogP contribution in [0.3, 0.4) is 0 Å². The second kappa shape index (κ2) is 4.49. The first-order valence-electron chi connectivity index (χ1n) is 6.23. The van der Waals surface area contributed by atoms with E-state index in [1.807, 2.05) is 16.7 Å². The molecule has 3 heterocycles. The Bertz CT molecular complexity index is 577. The Morgan fingerprint density at radius 1 is 1.44 bits per heavy atom. The molecule has 1 atom stereocenters. The summed E-state index contributed by atoms with van der Waals surface area (Å²) in [6.07, 6.45) is 4.80. The number of nitrogens with zero attached hydrogens (tertiary/aromatic N) is 4. The number of carbonyl (C=O) groups excluding carboxylic acids is 1. The fourth-order valence-electron chi connectivity index (χ4n) is 2.61. The van der Waals surface area contributed by atoms with Gasteiger partial charge in [-0.1, -0.05) is 0 Å². The summed E-state index contributed by atoms with van der Waals surface area (Å²) in [5.74, 6) is 1.59. The predicted molar refractivity (Wildman–Crippen MR) is 67.7 cm³/mol. The minimum atomic E-state index is 0.641. The van der Waals surface area contributed by atoms with Crippen LogP contribution < -0.4 is 0 Å². The molecular weight excluding hydrogens is 228 g/mol. The third-order valence-corrected chi connectivity index (χ3v) is 3.59. The molecule has 1 aliphatic heterocycles.